The summed E-state index contributed by atoms with van der Waals surface area (Å²) in [5.74, 6) is -2.40. The van der Waals surface area contributed by atoms with Crippen LogP contribution in [-0.2, 0) is 65.4 Å². The Morgan fingerprint density at radius 3 is 0.833 bits per heavy atom. The van der Waals surface area contributed by atoms with Crippen LogP contribution in [0, 0.1) is 0 Å². The zero-order valence-corrected chi connectivity index (χ0v) is 68.5. The fourth-order valence-electron chi connectivity index (χ4n) is 9.97. The highest BCUT2D eigenvalue weighted by molar-refractivity contribution is 7.47. The lowest BCUT2D eigenvalue weighted by Gasteiger charge is -2.21. The maximum absolute atomic E-state index is 13.1. The lowest BCUT2D eigenvalue weighted by molar-refractivity contribution is -0.161. The van der Waals surface area contributed by atoms with Crippen LogP contribution in [0.3, 0.4) is 0 Å². The van der Waals surface area contributed by atoms with E-state index in [9.17, 15) is 43.2 Å². The number of unbranched alkanes of at least 4 members (excludes halogenated alkanes) is 16. The van der Waals surface area contributed by atoms with E-state index in [-0.39, 0.29) is 25.7 Å². The van der Waals surface area contributed by atoms with Crippen molar-refractivity contribution in [2.24, 2.45) is 0 Å². The number of esters is 4. The molecule has 0 bridgehead atoms. The smallest absolute Gasteiger partial charge is 0.462 e. The highest BCUT2D eigenvalue weighted by atomic mass is 31.2. The van der Waals surface area contributed by atoms with Crippen molar-refractivity contribution in [3.63, 3.8) is 0 Å². The van der Waals surface area contributed by atoms with Gasteiger partial charge in [-0.1, -0.05) is 286 Å². The Kier molecular flexibility index (Phi) is 74.5. The molecule has 0 aromatic rings. The first kappa shape index (κ1) is 102. The Hall–Kier alpha value is -6.10. The van der Waals surface area contributed by atoms with Crippen molar-refractivity contribution in [2.75, 3.05) is 39.6 Å². The van der Waals surface area contributed by atoms with E-state index in [0.29, 0.717) is 38.5 Å². The van der Waals surface area contributed by atoms with Crippen molar-refractivity contribution in [3.05, 3.63) is 194 Å². The molecule has 610 valence electrons. The number of allylic oxidation sites excluding steroid dienone is 32. The quantitative estimate of drug-likeness (QED) is 0.0169. The minimum atomic E-state index is -5.01. The van der Waals surface area contributed by atoms with Gasteiger partial charge in [-0.3, -0.25) is 37.3 Å². The number of carbonyl (C=O) groups is 4. The van der Waals surface area contributed by atoms with Crippen LogP contribution in [-0.4, -0.2) is 96.7 Å². The van der Waals surface area contributed by atoms with Gasteiger partial charge in [0.1, 0.15) is 19.3 Å². The van der Waals surface area contributed by atoms with Crippen molar-refractivity contribution in [1.29, 1.82) is 0 Å². The van der Waals surface area contributed by atoms with E-state index >= 15 is 0 Å². The van der Waals surface area contributed by atoms with E-state index in [1.807, 2.05) is 30.4 Å². The van der Waals surface area contributed by atoms with Gasteiger partial charge in [0, 0.05) is 25.7 Å². The van der Waals surface area contributed by atoms with Crippen molar-refractivity contribution in [2.45, 2.75) is 303 Å². The van der Waals surface area contributed by atoms with Gasteiger partial charge in [-0.25, -0.2) is 9.13 Å². The molecule has 5 unspecified atom stereocenters. The van der Waals surface area contributed by atoms with Crippen LogP contribution in [0.2, 0.25) is 0 Å². The van der Waals surface area contributed by atoms with Crippen molar-refractivity contribution >= 4 is 39.5 Å². The van der Waals surface area contributed by atoms with Crippen molar-refractivity contribution in [1.82, 2.24) is 0 Å². The van der Waals surface area contributed by atoms with E-state index in [0.717, 1.165) is 154 Å². The summed E-state index contributed by atoms with van der Waals surface area (Å²) in [4.78, 5) is 73.1. The normalized spacial score (nSPS) is 14.8. The molecule has 0 saturated heterocycles. The minimum Gasteiger partial charge on any atom is -0.462 e. The molecule has 0 spiro atoms. The van der Waals surface area contributed by atoms with E-state index in [4.69, 9.17) is 37.0 Å². The molecule has 0 heterocycles. The van der Waals surface area contributed by atoms with Gasteiger partial charge in [0.05, 0.1) is 26.4 Å². The van der Waals surface area contributed by atoms with E-state index in [1.54, 1.807) is 0 Å². The van der Waals surface area contributed by atoms with Crippen molar-refractivity contribution < 1.29 is 80.2 Å². The predicted octanol–water partition coefficient (Wildman–Crippen LogP) is 24.1. The third-order valence-corrected chi connectivity index (χ3v) is 17.9. The van der Waals surface area contributed by atoms with Gasteiger partial charge in [-0.2, -0.15) is 0 Å². The molecule has 108 heavy (non-hydrogen) atoms. The summed E-state index contributed by atoms with van der Waals surface area (Å²) in [7, 11) is -10.0. The van der Waals surface area contributed by atoms with Gasteiger partial charge in [0.15, 0.2) is 12.2 Å². The first-order valence-corrected chi connectivity index (χ1v) is 43.7. The Morgan fingerprint density at radius 2 is 0.509 bits per heavy atom. The fraction of sp³-hybridized carbons (Fsp3) is 0.596. The molecule has 0 aliphatic heterocycles. The lowest BCUT2D eigenvalue weighted by Crippen LogP contribution is -2.30. The molecule has 0 aromatic carbocycles. The maximum atomic E-state index is 13.1. The summed E-state index contributed by atoms with van der Waals surface area (Å²) in [6.45, 7) is 4.32. The number of hydrogen-bond acceptors (Lipinski definition) is 15. The van der Waals surface area contributed by atoms with Crippen LogP contribution >= 0.6 is 15.6 Å². The van der Waals surface area contributed by atoms with Gasteiger partial charge in [-0.05, 0) is 167 Å². The minimum absolute atomic E-state index is 0.0264. The number of aliphatic hydroxyl groups excluding tert-OH is 1. The maximum Gasteiger partial charge on any atom is 0.472 e. The zero-order chi connectivity index (χ0) is 78.9. The topological polar surface area (TPSA) is 237 Å². The number of rotatable bonds is 74. The molecule has 19 heteroatoms. The molecule has 0 fully saturated rings. The number of phosphoric ester groups is 2. The molecule has 0 aliphatic rings. The zero-order valence-electron chi connectivity index (χ0n) is 66.7. The molecular formula is C89H142O17P2. The summed E-state index contributed by atoms with van der Waals surface area (Å²) < 4.78 is 68.5. The SMILES string of the molecule is CC/C=C\C/C=C\C/C=C\C/C=C\C/C=C\C/C=C\CCC(=O)OCC(COP(=O)(O)OCC(O)COP(=O)(O)OCC(COC(=O)CCC/C=C\C/C=C\C/C=C\C/C=C\C/C=C\CC)OC(=O)CCCCCC/C=C\C/C=C\C/C=C\C/C=C\CC)OC(=O)CCCCCCC/C=C\CCCCCCCC. The summed E-state index contributed by atoms with van der Waals surface area (Å²) in [5, 5.41) is 10.7. The molecule has 0 amide bonds. The Labute approximate surface area is 653 Å². The van der Waals surface area contributed by atoms with E-state index in [2.05, 4.69) is 192 Å². The second-order valence-corrected chi connectivity index (χ2v) is 29.1. The molecule has 0 saturated carbocycles. The Bertz CT molecular complexity index is 2810. The predicted molar refractivity (Wildman–Crippen MR) is 445 cm³/mol. The van der Waals surface area contributed by atoms with Crippen LogP contribution < -0.4 is 0 Å². The van der Waals surface area contributed by atoms with E-state index < -0.39 is 97.5 Å². The highest BCUT2D eigenvalue weighted by Gasteiger charge is 2.30. The summed E-state index contributed by atoms with van der Waals surface area (Å²) >= 11 is 0. The van der Waals surface area contributed by atoms with E-state index in [1.165, 1.54) is 38.5 Å². The van der Waals surface area contributed by atoms with Crippen LogP contribution in [0.15, 0.2) is 194 Å². The largest absolute Gasteiger partial charge is 0.472 e. The van der Waals surface area contributed by atoms with Crippen LogP contribution in [0.1, 0.15) is 285 Å². The van der Waals surface area contributed by atoms with Gasteiger partial charge >= 0.3 is 39.5 Å². The second kappa shape index (κ2) is 79.0. The molecule has 0 radical (unpaired) electrons. The average molecular weight is 1550 g/mol. The third kappa shape index (κ3) is 78.0. The molecular weight excluding hydrogens is 1400 g/mol. The number of hydrogen-bond donors (Lipinski definition) is 3. The van der Waals surface area contributed by atoms with Crippen LogP contribution in [0.5, 0.6) is 0 Å². The first-order chi connectivity index (χ1) is 52.7. The number of aliphatic hydroxyl groups is 1. The van der Waals surface area contributed by atoms with Gasteiger partial charge < -0.3 is 33.8 Å². The van der Waals surface area contributed by atoms with Gasteiger partial charge in [-0.15, -0.1) is 0 Å². The number of carbonyl (C=O) groups excluding carboxylic acids is 4. The Morgan fingerprint density at radius 1 is 0.269 bits per heavy atom. The average Bonchev–Trinajstić information content (AvgIpc) is 0.901. The van der Waals surface area contributed by atoms with Crippen molar-refractivity contribution in [3.8, 4) is 0 Å². The molecule has 5 atom stereocenters. The molecule has 0 rings (SSSR count). The highest BCUT2D eigenvalue weighted by Crippen LogP contribution is 2.45. The number of ether oxygens (including phenoxy) is 4. The standard InChI is InChI=1S/C89H142O17P2/c1-5-9-13-17-21-25-29-33-37-40-41-44-47-50-54-58-62-66-70-74-87(92)100-79-84(105-88(93)75-71-67-63-59-55-51-45-36-32-28-24-20-16-12-8-4)81-103-107(95,96)101-77-83(90)78-102-108(97,98)104-82-85(106-89(94)76-72-68-64-60-56-52-48-43-39-35-31-27-23-19-15-11-7-3)80-99-86(91)73-69-65-61-57-53-49-46-42-38-34-30-26-22-18-14-10-6-2/h9-11,13-15,21-23,25-27,33-39,41,44-46,48-50,52,54,57,61-62,66,83-85,90H,5-8,12,16-20,24,28-32,40,42-43,47,51,53,55-56,58-60,63-65,67-82H2,1-4H3,(H,95,96)(H,97,98)/b13-9-,14-10-,15-11-,25-21-,26-22-,27-23-,37-33-,38-34-,39-35-,44-41-,45-36-,49-46-,52-48-,54-50-,61-57-,66-62-. The van der Waals surface area contributed by atoms with Gasteiger partial charge in [0.25, 0.3) is 0 Å². The molecule has 0 aromatic heterocycles. The van der Waals surface area contributed by atoms with Crippen LogP contribution in [0.4, 0.5) is 0 Å². The van der Waals surface area contributed by atoms with Crippen LogP contribution in [0.25, 0.3) is 0 Å². The molecule has 3 N–H and O–H groups in total. The summed E-state index contributed by atoms with van der Waals surface area (Å²) in [5.41, 5.74) is 0. The first-order valence-electron chi connectivity index (χ1n) is 40.7. The Balaban J connectivity index is 5.54. The monoisotopic (exact) mass is 1540 g/mol. The lowest BCUT2D eigenvalue weighted by atomic mass is 10.1. The fourth-order valence-corrected chi connectivity index (χ4v) is 11.6. The molecule has 0 aliphatic carbocycles. The molecule has 17 nitrogen and oxygen atoms in total. The third-order valence-electron chi connectivity index (χ3n) is 16.0. The summed E-state index contributed by atoms with van der Waals surface area (Å²) in [6.07, 6.45) is 97.1. The number of phosphoric acid groups is 2. The summed E-state index contributed by atoms with van der Waals surface area (Å²) in [6, 6.07) is 0. The second-order valence-electron chi connectivity index (χ2n) is 26.2. The van der Waals surface area contributed by atoms with Gasteiger partial charge in [0.2, 0.25) is 0 Å².